The first kappa shape index (κ1) is 16.9. The van der Waals surface area contributed by atoms with Crippen LogP contribution in [0.5, 0.6) is 0 Å². The Morgan fingerprint density at radius 3 is 2.63 bits per heavy atom. The zero-order valence-corrected chi connectivity index (χ0v) is 15.2. The van der Waals surface area contributed by atoms with Crippen LogP contribution in [0.15, 0.2) is 36.9 Å². The van der Waals surface area contributed by atoms with Gasteiger partial charge in [0.15, 0.2) is 0 Å². The minimum Gasteiger partial charge on any atom is -0.337 e. The van der Waals surface area contributed by atoms with E-state index in [1.54, 1.807) is 11.0 Å². The van der Waals surface area contributed by atoms with Crippen molar-refractivity contribution >= 4 is 5.91 Å². The Labute approximate surface area is 158 Å². The van der Waals surface area contributed by atoms with Crippen molar-refractivity contribution in [1.29, 1.82) is 0 Å². The molecule has 6 rings (SSSR count). The molecule has 2 aromatic rings. The average molecular weight is 369 g/mol. The summed E-state index contributed by atoms with van der Waals surface area (Å²) in [7, 11) is 0. The number of hydrogen-bond acceptors (Lipinski definition) is 4. The fourth-order valence-corrected chi connectivity index (χ4v) is 5.41. The van der Waals surface area contributed by atoms with Crippen molar-refractivity contribution in [3.05, 3.63) is 48.3 Å². The monoisotopic (exact) mass is 369 g/mol. The maximum absolute atomic E-state index is 13.4. The summed E-state index contributed by atoms with van der Waals surface area (Å²) in [5, 5.41) is 4.10. The Balaban J connectivity index is 1.40. The number of nitrogens with zero attached hydrogens (tertiary/aromatic N) is 5. The van der Waals surface area contributed by atoms with Gasteiger partial charge in [0.05, 0.1) is 12.6 Å². The van der Waals surface area contributed by atoms with Crippen molar-refractivity contribution in [2.24, 2.45) is 5.92 Å². The lowest BCUT2D eigenvalue weighted by Gasteiger charge is -2.51. The highest BCUT2D eigenvalue weighted by Crippen LogP contribution is 2.46. The number of carbonyl (C=O) groups is 1. The largest absolute Gasteiger partial charge is 0.337 e. The van der Waals surface area contributed by atoms with Crippen LogP contribution in [0.3, 0.4) is 0 Å². The normalized spacial score (nSPS) is 31.9. The molecule has 5 heterocycles. The van der Waals surface area contributed by atoms with Gasteiger partial charge in [-0.25, -0.2) is 9.37 Å². The first-order valence-electron chi connectivity index (χ1n) is 9.82. The molecule has 1 aromatic carbocycles. The number of benzene rings is 1. The molecule has 1 aromatic heterocycles. The summed E-state index contributed by atoms with van der Waals surface area (Å²) in [5.74, 6) is 0.827. The fraction of sp³-hybridized carbons (Fsp3) is 0.550. The van der Waals surface area contributed by atoms with Crippen LogP contribution in [0.25, 0.3) is 0 Å². The van der Waals surface area contributed by atoms with Gasteiger partial charge in [0.25, 0.3) is 0 Å². The molecule has 4 saturated heterocycles. The second-order valence-electron chi connectivity index (χ2n) is 7.97. The smallest absolute Gasteiger partial charge is 0.224 e. The van der Waals surface area contributed by atoms with Crippen molar-refractivity contribution in [3.8, 4) is 0 Å². The van der Waals surface area contributed by atoms with Crippen molar-refractivity contribution in [2.45, 2.75) is 43.8 Å². The Kier molecular flexibility index (Phi) is 4.19. The number of piperidine rings is 3. The van der Waals surface area contributed by atoms with Crippen LogP contribution in [-0.4, -0.2) is 62.2 Å². The Morgan fingerprint density at radius 1 is 1.15 bits per heavy atom. The molecule has 4 aliphatic heterocycles. The molecule has 0 radical (unpaired) electrons. The molecular weight excluding hydrogens is 345 g/mol. The Morgan fingerprint density at radius 2 is 1.93 bits per heavy atom. The number of aryl methyl sites for hydroxylation is 1. The second kappa shape index (κ2) is 6.71. The molecule has 3 atom stereocenters. The van der Waals surface area contributed by atoms with Crippen molar-refractivity contribution in [3.63, 3.8) is 0 Å². The van der Waals surface area contributed by atoms with E-state index in [4.69, 9.17) is 0 Å². The van der Waals surface area contributed by atoms with Crippen LogP contribution in [0, 0.1) is 11.7 Å². The van der Waals surface area contributed by atoms with Gasteiger partial charge in [-0.15, -0.1) is 0 Å². The number of fused-ring (bicyclic) bond motifs is 2. The SMILES string of the molecule is O=C(CCn1cncn1)N1C[C@H](c2ccc(F)cc2)[C@H]2[C@@H]1C1CCN2CC1. The standard InChI is InChI=1S/C20H24FN5O/c21-16-3-1-14(2-4-16)17-11-26(18(27)7-10-25-13-22-12-23-25)19-15-5-8-24(9-6-15)20(17)19/h1-4,12-13,15,17,19-20H,5-11H2/t17-,19+,20+/m1/s1. The summed E-state index contributed by atoms with van der Waals surface area (Å²) in [6.07, 6.45) is 5.92. The van der Waals surface area contributed by atoms with Gasteiger partial charge in [0.2, 0.25) is 5.91 Å². The van der Waals surface area contributed by atoms with Crippen LogP contribution in [-0.2, 0) is 11.3 Å². The summed E-state index contributed by atoms with van der Waals surface area (Å²) in [5.41, 5.74) is 1.14. The highest BCUT2D eigenvalue weighted by Gasteiger charge is 2.54. The van der Waals surface area contributed by atoms with Gasteiger partial charge in [0.1, 0.15) is 18.5 Å². The number of likely N-dealkylation sites (tertiary alicyclic amines) is 1. The maximum atomic E-state index is 13.4. The van der Waals surface area contributed by atoms with Gasteiger partial charge in [-0.1, -0.05) is 12.1 Å². The molecular formula is C20H24FN5O. The molecule has 1 amide bonds. The average Bonchev–Trinajstić information content (AvgIpc) is 3.37. The van der Waals surface area contributed by atoms with Gasteiger partial charge in [-0.2, -0.15) is 5.10 Å². The van der Waals surface area contributed by atoms with E-state index < -0.39 is 0 Å². The molecule has 4 fully saturated rings. The summed E-state index contributed by atoms with van der Waals surface area (Å²) >= 11 is 0. The van der Waals surface area contributed by atoms with Gasteiger partial charge >= 0.3 is 0 Å². The first-order valence-corrected chi connectivity index (χ1v) is 9.82. The Bertz CT molecular complexity index is 800. The van der Waals surface area contributed by atoms with Gasteiger partial charge in [-0.3, -0.25) is 14.4 Å². The molecule has 27 heavy (non-hydrogen) atoms. The zero-order valence-electron chi connectivity index (χ0n) is 15.2. The predicted octanol–water partition coefficient (Wildman–Crippen LogP) is 1.90. The quantitative estimate of drug-likeness (QED) is 0.826. The molecule has 0 unspecified atom stereocenters. The summed E-state index contributed by atoms with van der Waals surface area (Å²) < 4.78 is 15.1. The van der Waals surface area contributed by atoms with E-state index in [0.29, 0.717) is 24.9 Å². The van der Waals surface area contributed by atoms with E-state index in [9.17, 15) is 9.18 Å². The molecule has 0 N–H and O–H groups in total. The van der Waals surface area contributed by atoms with Gasteiger partial charge in [0, 0.05) is 24.9 Å². The number of rotatable bonds is 4. The lowest BCUT2D eigenvalue weighted by atomic mass is 9.75. The van der Waals surface area contributed by atoms with E-state index in [0.717, 1.165) is 25.2 Å². The van der Waals surface area contributed by atoms with Gasteiger partial charge in [-0.05, 0) is 49.5 Å². The van der Waals surface area contributed by atoms with E-state index in [1.165, 1.54) is 31.3 Å². The molecule has 0 aliphatic carbocycles. The van der Waals surface area contributed by atoms with Crippen LogP contribution in [0.4, 0.5) is 4.39 Å². The topological polar surface area (TPSA) is 54.3 Å². The number of amides is 1. The molecule has 0 spiro atoms. The fourth-order valence-electron chi connectivity index (χ4n) is 5.41. The molecule has 0 saturated carbocycles. The number of aromatic nitrogens is 3. The third kappa shape index (κ3) is 2.94. The minimum atomic E-state index is -0.209. The first-order chi connectivity index (χ1) is 13.2. The van der Waals surface area contributed by atoms with E-state index >= 15 is 0 Å². The molecule has 7 heteroatoms. The Hall–Kier alpha value is -2.28. The van der Waals surface area contributed by atoms with Crippen molar-refractivity contribution in [2.75, 3.05) is 19.6 Å². The van der Waals surface area contributed by atoms with Gasteiger partial charge < -0.3 is 4.90 Å². The second-order valence-corrected chi connectivity index (χ2v) is 7.97. The number of halogens is 1. The predicted molar refractivity (Wildman–Crippen MR) is 97.4 cm³/mol. The van der Waals surface area contributed by atoms with E-state index in [-0.39, 0.29) is 23.7 Å². The van der Waals surface area contributed by atoms with Crippen LogP contribution < -0.4 is 0 Å². The number of carbonyl (C=O) groups excluding carboxylic acids is 1. The zero-order chi connectivity index (χ0) is 18.4. The lowest BCUT2D eigenvalue weighted by Crippen LogP contribution is -2.60. The van der Waals surface area contributed by atoms with Crippen LogP contribution in [0.1, 0.15) is 30.7 Å². The van der Waals surface area contributed by atoms with Crippen LogP contribution >= 0.6 is 0 Å². The summed E-state index contributed by atoms with van der Waals surface area (Å²) in [4.78, 5) is 21.7. The summed E-state index contributed by atoms with van der Waals surface area (Å²) in [6.45, 7) is 3.52. The van der Waals surface area contributed by atoms with Crippen LogP contribution in [0.2, 0.25) is 0 Å². The van der Waals surface area contributed by atoms with E-state index in [2.05, 4.69) is 19.9 Å². The van der Waals surface area contributed by atoms with Crippen molar-refractivity contribution in [1.82, 2.24) is 24.6 Å². The third-order valence-electron chi connectivity index (χ3n) is 6.63. The molecule has 4 aliphatic rings. The lowest BCUT2D eigenvalue weighted by molar-refractivity contribution is -0.136. The minimum absolute atomic E-state index is 0.193. The third-order valence-corrected chi connectivity index (χ3v) is 6.63. The number of hydrogen-bond donors (Lipinski definition) is 0. The molecule has 142 valence electrons. The summed E-state index contributed by atoms with van der Waals surface area (Å²) in [6, 6.07) is 7.50. The highest BCUT2D eigenvalue weighted by molar-refractivity contribution is 5.77. The van der Waals surface area contributed by atoms with E-state index in [1.807, 2.05) is 12.1 Å². The molecule has 2 bridgehead atoms. The maximum Gasteiger partial charge on any atom is 0.224 e. The molecule has 6 nitrogen and oxygen atoms in total. The highest BCUT2D eigenvalue weighted by atomic mass is 19.1. The van der Waals surface area contributed by atoms with Crippen molar-refractivity contribution < 1.29 is 9.18 Å².